The lowest BCUT2D eigenvalue weighted by molar-refractivity contribution is 0.567. The molecule has 0 amide bonds. The van der Waals surface area contributed by atoms with Crippen molar-refractivity contribution in [3.05, 3.63) is 35.9 Å². The van der Waals surface area contributed by atoms with E-state index in [-0.39, 0.29) is 0 Å². The minimum atomic E-state index is 0.673. The normalized spacial score (nSPS) is 14.4. The topological polar surface area (TPSA) is 57.2 Å². The number of piperidine rings is 1. The Balaban J connectivity index is 1.82. The summed E-state index contributed by atoms with van der Waals surface area (Å²) in [4.78, 5) is 18.4. The van der Waals surface area contributed by atoms with E-state index in [0.717, 1.165) is 44.5 Å². The van der Waals surface area contributed by atoms with E-state index in [1.165, 1.54) is 24.8 Å². The van der Waals surface area contributed by atoms with Gasteiger partial charge in [0.05, 0.1) is 0 Å². The third-order valence-electron chi connectivity index (χ3n) is 4.39. The Morgan fingerprint density at radius 1 is 1.04 bits per heavy atom. The lowest BCUT2D eigenvalue weighted by Gasteiger charge is -2.28. The van der Waals surface area contributed by atoms with Gasteiger partial charge in [-0.1, -0.05) is 37.3 Å². The fourth-order valence-electron chi connectivity index (χ4n) is 3.00. The molecule has 0 radical (unpaired) electrons. The third-order valence-corrected chi connectivity index (χ3v) is 4.39. The molecular formula is C19H28N6. The average Bonchev–Trinajstić information content (AvgIpc) is 2.67. The van der Waals surface area contributed by atoms with E-state index in [1.807, 2.05) is 13.1 Å². The molecule has 1 aliphatic rings. The van der Waals surface area contributed by atoms with Crippen LogP contribution in [0.25, 0.3) is 0 Å². The number of nitrogens with zero attached hydrogens (tertiary/aromatic N) is 5. The van der Waals surface area contributed by atoms with Crippen LogP contribution in [0.1, 0.15) is 38.2 Å². The Kier molecular flexibility index (Phi) is 6.04. The Labute approximate surface area is 150 Å². The summed E-state index contributed by atoms with van der Waals surface area (Å²) in [5.74, 6) is 2.19. The van der Waals surface area contributed by atoms with Crippen molar-refractivity contribution in [1.29, 1.82) is 0 Å². The van der Waals surface area contributed by atoms with Gasteiger partial charge >= 0.3 is 0 Å². The van der Waals surface area contributed by atoms with E-state index in [1.54, 1.807) is 0 Å². The lowest BCUT2D eigenvalue weighted by atomic mass is 10.1. The van der Waals surface area contributed by atoms with Gasteiger partial charge in [-0.25, -0.2) is 0 Å². The van der Waals surface area contributed by atoms with E-state index in [9.17, 15) is 0 Å². The molecule has 0 bridgehead atoms. The van der Waals surface area contributed by atoms with Crippen LogP contribution < -0.4 is 15.1 Å². The molecule has 2 heterocycles. The van der Waals surface area contributed by atoms with Crippen LogP contribution in [0.3, 0.4) is 0 Å². The number of hydrogen-bond acceptors (Lipinski definition) is 6. The molecule has 2 aromatic rings. The molecule has 1 aliphatic heterocycles. The van der Waals surface area contributed by atoms with Crippen molar-refractivity contribution in [2.24, 2.45) is 0 Å². The number of rotatable bonds is 7. The van der Waals surface area contributed by atoms with Crippen molar-refractivity contribution >= 4 is 17.8 Å². The van der Waals surface area contributed by atoms with Crippen molar-refractivity contribution in [3.63, 3.8) is 0 Å². The highest BCUT2D eigenvalue weighted by Crippen LogP contribution is 2.20. The molecule has 6 nitrogen and oxygen atoms in total. The standard InChI is InChI=1S/C19H28N6/c1-3-12-20-17-21-18(24(2)15-16-10-6-4-7-11-16)23-19(22-17)25-13-8-5-9-14-25/h4,6-7,10-11H,3,5,8-9,12-15H2,1-2H3,(H,20,21,22,23). The van der Waals surface area contributed by atoms with Crippen LogP contribution in [-0.2, 0) is 6.54 Å². The van der Waals surface area contributed by atoms with Gasteiger partial charge in [0.15, 0.2) is 0 Å². The first-order valence-electron chi connectivity index (χ1n) is 9.26. The summed E-state index contributed by atoms with van der Waals surface area (Å²) in [5, 5.41) is 3.32. The summed E-state index contributed by atoms with van der Waals surface area (Å²) < 4.78 is 0. The molecule has 1 saturated heterocycles. The second kappa shape index (κ2) is 8.65. The van der Waals surface area contributed by atoms with Crippen LogP contribution in [0.15, 0.2) is 30.3 Å². The van der Waals surface area contributed by atoms with Crippen molar-refractivity contribution in [3.8, 4) is 0 Å². The van der Waals surface area contributed by atoms with Crippen LogP contribution >= 0.6 is 0 Å². The molecule has 0 spiro atoms. The van der Waals surface area contributed by atoms with E-state index < -0.39 is 0 Å². The molecule has 134 valence electrons. The SMILES string of the molecule is CCCNc1nc(N(C)Cc2ccccc2)nc(N2CCCCC2)n1. The van der Waals surface area contributed by atoms with Crippen LogP contribution in [0, 0.1) is 0 Å². The summed E-state index contributed by atoms with van der Waals surface area (Å²) in [5.41, 5.74) is 1.24. The molecule has 0 atom stereocenters. The average molecular weight is 340 g/mol. The highest BCUT2D eigenvalue weighted by atomic mass is 15.4. The van der Waals surface area contributed by atoms with Crippen molar-refractivity contribution < 1.29 is 0 Å². The quantitative estimate of drug-likeness (QED) is 0.834. The zero-order valence-corrected chi connectivity index (χ0v) is 15.3. The molecular weight excluding hydrogens is 312 g/mol. The Morgan fingerprint density at radius 3 is 2.52 bits per heavy atom. The highest BCUT2D eigenvalue weighted by molar-refractivity contribution is 5.45. The fourth-order valence-corrected chi connectivity index (χ4v) is 3.00. The summed E-state index contributed by atoms with van der Waals surface area (Å²) in [6, 6.07) is 10.4. The maximum absolute atomic E-state index is 4.75. The molecule has 0 saturated carbocycles. The van der Waals surface area contributed by atoms with Gasteiger partial charge in [0, 0.05) is 33.2 Å². The maximum Gasteiger partial charge on any atom is 0.232 e. The summed E-state index contributed by atoms with van der Waals surface area (Å²) in [6.45, 7) is 5.84. The second-order valence-electron chi connectivity index (χ2n) is 6.58. The first-order chi connectivity index (χ1) is 12.3. The number of nitrogens with one attached hydrogen (secondary N) is 1. The summed E-state index contributed by atoms with van der Waals surface area (Å²) in [6.07, 6.45) is 4.75. The Morgan fingerprint density at radius 2 is 1.80 bits per heavy atom. The molecule has 1 aromatic heterocycles. The molecule has 1 aromatic carbocycles. The van der Waals surface area contributed by atoms with Crippen molar-refractivity contribution in [1.82, 2.24) is 15.0 Å². The molecule has 1 N–H and O–H groups in total. The molecule has 0 aliphatic carbocycles. The van der Waals surface area contributed by atoms with Crippen LogP contribution in [0.5, 0.6) is 0 Å². The van der Waals surface area contributed by atoms with Gasteiger partial charge in [-0.2, -0.15) is 15.0 Å². The zero-order valence-electron chi connectivity index (χ0n) is 15.3. The zero-order chi connectivity index (χ0) is 17.5. The van der Waals surface area contributed by atoms with E-state index in [4.69, 9.17) is 4.98 Å². The van der Waals surface area contributed by atoms with E-state index in [0.29, 0.717) is 5.95 Å². The second-order valence-corrected chi connectivity index (χ2v) is 6.58. The van der Waals surface area contributed by atoms with E-state index in [2.05, 4.69) is 56.3 Å². The smallest absolute Gasteiger partial charge is 0.232 e. The van der Waals surface area contributed by atoms with Gasteiger partial charge in [-0.3, -0.25) is 0 Å². The van der Waals surface area contributed by atoms with Crippen molar-refractivity contribution in [2.45, 2.75) is 39.2 Å². The van der Waals surface area contributed by atoms with E-state index >= 15 is 0 Å². The number of anilines is 3. The predicted molar refractivity (Wildman–Crippen MR) is 103 cm³/mol. The summed E-state index contributed by atoms with van der Waals surface area (Å²) in [7, 11) is 2.03. The molecule has 1 fully saturated rings. The van der Waals surface area contributed by atoms with Crippen LogP contribution in [0.2, 0.25) is 0 Å². The highest BCUT2D eigenvalue weighted by Gasteiger charge is 2.17. The fraction of sp³-hybridized carbons (Fsp3) is 0.526. The van der Waals surface area contributed by atoms with Gasteiger partial charge in [-0.15, -0.1) is 0 Å². The number of benzene rings is 1. The lowest BCUT2D eigenvalue weighted by Crippen LogP contribution is -2.32. The minimum Gasteiger partial charge on any atom is -0.354 e. The molecule has 25 heavy (non-hydrogen) atoms. The molecule has 6 heteroatoms. The van der Waals surface area contributed by atoms with Gasteiger partial charge in [-0.05, 0) is 31.2 Å². The Bertz CT molecular complexity index is 654. The first kappa shape index (κ1) is 17.5. The van der Waals surface area contributed by atoms with Gasteiger partial charge in [0.25, 0.3) is 0 Å². The van der Waals surface area contributed by atoms with Crippen LogP contribution in [-0.4, -0.2) is 41.6 Å². The molecule has 0 unspecified atom stereocenters. The van der Waals surface area contributed by atoms with Crippen LogP contribution in [0.4, 0.5) is 17.8 Å². The summed E-state index contributed by atoms with van der Waals surface area (Å²) >= 11 is 0. The minimum absolute atomic E-state index is 0.673. The predicted octanol–water partition coefficient (Wildman–Crippen LogP) is 3.32. The first-order valence-corrected chi connectivity index (χ1v) is 9.26. The third kappa shape index (κ3) is 4.81. The maximum atomic E-state index is 4.75. The monoisotopic (exact) mass is 340 g/mol. The Hall–Kier alpha value is -2.37. The van der Waals surface area contributed by atoms with Crippen molar-refractivity contribution in [2.75, 3.05) is 41.8 Å². The number of hydrogen-bond donors (Lipinski definition) is 1. The number of aromatic nitrogens is 3. The van der Waals surface area contributed by atoms with Gasteiger partial charge < -0.3 is 15.1 Å². The molecule has 3 rings (SSSR count). The van der Waals surface area contributed by atoms with Gasteiger partial charge in [0.2, 0.25) is 17.8 Å². The van der Waals surface area contributed by atoms with Gasteiger partial charge in [0.1, 0.15) is 0 Å². The largest absolute Gasteiger partial charge is 0.354 e.